The molecule has 1 aliphatic heterocycles. The molecule has 1 aromatic heterocycles. The molecular weight excluding hydrogens is 280 g/mol. The Hall–Kier alpha value is -1.13. The van der Waals surface area contributed by atoms with Gasteiger partial charge in [0.15, 0.2) is 0 Å². The van der Waals surface area contributed by atoms with Crippen LogP contribution in [0, 0.1) is 0 Å². The number of halogens is 1. The van der Waals surface area contributed by atoms with Crippen LogP contribution in [-0.2, 0) is 0 Å². The topological polar surface area (TPSA) is 36.4 Å². The Kier molecular flexibility index (Phi) is 2.76. The number of aliphatic hydroxyl groups excluding tert-OH is 1. The van der Waals surface area contributed by atoms with Crippen LogP contribution >= 0.6 is 15.9 Å². The molecule has 1 aliphatic rings. The first-order chi connectivity index (χ1) is 8.25. The number of hydrogen-bond donors (Lipinski definition) is 1. The predicted octanol–water partition coefficient (Wildman–Crippen LogP) is 2.57. The van der Waals surface area contributed by atoms with Crippen molar-refractivity contribution in [3.05, 3.63) is 34.9 Å². The lowest BCUT2D eigenvalue weighted by Crippen LogP contribution is -2.22. The maximum Gasteiger partial charge on any atom is 0.136 e. The zero-order chi connectivity index (χ0) is 11.8. The van der Waals surface area contributed by atoms with Crippen molar-refractivity contribution in [3.63, 3.8) is 0 Å². The Morgan fingerprint density at radius 2 is 2.18 bits per heavy atom. The van der Waals surface area contributed by atoms with Gasteiger partial charge in [0.05, 0.1) is 6.10 Å². The second kappa shape index (κ2) is 4.27. The van der Waals surface area contributed by atoms with E-state index in [1.54, 1.807) is 0 Å². The van der Waals surface area contributed by atoms with E-state index in [9.17, 15) is 5.11 Å². The van der Waals surface area contributed by atoms with E-state index >= 15 is 0 Å². The summed E-state index contributed by atoms with van der Waals surface area (Å²) in [5.41, 5.74) is 0. The summed E-state index contributed by atoms with van der Waals surface area (Å²) < 4.78 is 1.08. The highest BCUT2D eigenvalue weighted by Gasteiger charge is 2.22. The highest BCUT2D eigenvalue weighted by atomic mass is 79.9. The molecule has 88 valence electrons. The van der Waals surface area contributed by atoms with E-state index in [2.05, 4.69) is 31.9 Å². The molecule has 3 rings (SSSR count). The van der Waals surface area contributed by atoms with E-state index in [4.69, 9.17) is 0 Å². The standard InChI is InChI=1S/C13H13BrN2O/c14-12-3-1-2-11-10(12)4-6-15-13(11)16-7-5-9(17)8-16/h1-4,6,9,17H,5,7-8H2. The van der Waals surface area contributed by atoms with Crippen LogP contribution in [0.25, 0.3) is 10.8 Å². The molecule has 1 aromatic carbocycles. The first kappa shape index (κ1) is 11.0. The third-order valence-corrected chi connectivity index (χ3v) is 3.89. The lowest BCUT2D eigenvalue weighted by molar-refractivity contribution is 0.198. The van der Waals surface area contributed by atoms with Crippen LogP contribution < -0.4 is 4.90 Å². The number of pyridine rings is 1. The van der Waals surface area contributed by atoms with E-state index in [1.807, 2.05) is 24.4 Å². The van der Waals surface area contributed by atoms with Crippen LogP contribution in [0.4, 0.5) is 5.82 Å². The van der Waals surface area contributed by atoms with Gasteiger partial charge in [0.1, 0.15) is 5.82 Å². The van der Waals surface area contributed by atoms with Gasteiger partial charge in [-0.15, -0.1) is 0 Å². The van der Waals surface area contributed by atoms with E-state index in [-0.39, 0.29) is 6.10 Å². The van der Waals surface area contributed by atoms with Gasteiger partial charge in [-0.3, -0.25) is 0 Å². The van der Waals surface area contributed by atoms with Gasteiger partial charge in [-0.2, -0.15) is 0 Å². The summed E-state index contributed by atoms with van der Waals surface area (Å²) in [7, 11) is 0. The lowest BCUT2D eigenvalue weighted by atomic mass is 10.1. The normalized spacial score (nSPS) is 20.1. The Labute approximate surface area is 108 Å². The zero-order valence-corrected chi connectivity index (χ0v) is 10.9. The molecule has 1 unspecified atom stereocenters. The number of fused-ring (bicyclic) bond motifs is 1. The molecule has 17 heavy (non-hydrogen) atoms. The van der Waals surface area contributed by atoms with Crippen molar-refractivity contribution < 1.29 is 5.11 Å². The Morgan fingerprint density at radius 1 is 1.29 bits per heavy atom. The van der Waals surface area contributed by atoms with Crippen LogP contribution in [0.15, 0.2) is 34.9 Å². The van der Waals surface area contributed by atoms with Gasteiger partial charge in [-0.1, -0.05) is 28.1 Å². The average Bonchev–Trinajstić information content (AvgIpc) is 2.76. The Bertz CT molecular complexity index is 558. The second-order valence-corrected chi connectivity index (χ2v) is 5.21. The van der Waals surface area contributed by atoms with Gasteiger partial charge in [-0.25, -0.2) is 4.98 Å². The minimum atomic E-state index is -0.223. The van der Waals surface area contributed by atoms with Crippen molar-refractivity contribution >= 4 is 32.5 Å². The van der Waals surface area contributed by atoms with E-state index in [0.29, 0.717) is 6.54 Å². The first-order valence-electron chi connectivity index (χ1n) is 5.72. The summed E-state index contributed by atoms with van der Waals surface area (Å²) in [6, 6.07) is 8.14. The summed E-state index contributed by atoms with van der Waals surface area (Å²) in [4.78, 5) is 6.61. The molecule has 0 bridgehead atoms. The molecule has 1 N–H and O–H groups in total. The average molecular weight is 293 g/mol. The van der Waals surface area contributed by atoms with Crippen LogP contribution in [0.1, 0.15) is 6.42 Å². The van der Waals surface area contributed by atoms with Crippen LogP contribution in [0.3, 0.4) is 0 Å². The van der Waals surface area contributed by atoms with E-state index < -0.39 is 0 Å². The summed E-state index contributed by atoms with van der Waals surface area (Å²) >= 11 is 3.56. The molecule has 0 spiro atoms. The summed E-state index contributed by atoms with van der Waals surface area (Å²) in [6.45, 7) is 1.55. The van der Waals surface area contributed by atoms with Crippen molar-refractivity contribution in [2.75, 3.05) is 18.0 Å². The van der Waals surface area contributed by atoms with Crippen molar-refractivity contribution in [2.24, 2.45) is 0 Å². The zero-order valence-electron chi connectivity index (χ0n) is 9.31. The number of aliphatic hydroxyl groups is 1. The maximum atomic E-state index is 9.61. The fourth-order valence-electron chi connectivity index (χ4n) is 2.34. The van der Waals surface area contributed by atoms with Gasteiger partial charge in [-0.05, 0) is 18.6 Å². The fraction of sp³-hybridized carbons (Fsp3) is 0.308. The summed E-state index contributed by atoms with van der Waals surface area (Å²) in [5, 5.41) is 11.9. The third-order valence-electron chi connectivity index (χ3n) is 3.19. The molecule has 2 aromatic rings. The highest BCUT2D eigenvalue weighted by Crippen LogP contribution is 2.31. The molecule has 0 radical (unpaired) electrons. The fourth-order valence-corrected chi connectivity index (χ4v) is 2.84. The van der Waals surface area contributed by atoms with Gasteiger partial charge in [0.2, 0.25) is 0 Å². The molecule has 0 aliphatic carbocycles. The number of nitrogens with zero attached hydrogens (tertiary/aromatic N) is 2. The Balaban J connectivity index is 2.13. The first-order valence-corrected chi connectivity index (χ1v) is 6.51. The summed E-state index contributed by atoms with van der Waals surface area (Å²) in [6.07, 6.45) is 2.43. The molecule has 1 saturated heterocycles. The molecule has 1 atom stereocenters. The Morgan fingerprint density at radius 3 is 2.94 bits per heavy atom. The van der Waals surface area contributed by atoms with Gasteiger partial charge >= 0.3 is 0 Å². The maximum absolute atomic E-state index is 9.61. The quantitative estimate of drug-likeness (QED) is 0.878. The van der Waals surface area contributed by atoms with Crippen LogP contribution in [0.5, 0.6) is 0 Å². The molecular formula is C13H13BrN2O. The smallest absolute Gasteiger partial charge is 0.136 e. The van der Waals surface area contributed by atoms with E-state index in [0.717, 1.165) is 28.6 Å². The monoisotopic (exact) mass is 292 g/mol. The van der Waals surface area contributed by atoms with E-state index in [1.165, 1.54) is 5.39 Å². The molecule has 0 saturated carbocycles. The molecule has 2 heterocycles. The predicted molar refractivity (Wildman–Crippen MR) is 72.3 cm³/mol. The second-order valence-electron chi connectivity index (χ2n) is 4.36. The number of aromatic nitrogens is 1. The number of benzene rings is 1. The number of hydrogen-bond acceptors (Lipinski definition) is 3. The highest BCUT2D eigenvalue weighted by molar-refractivity contribution is 9.10. The summed E-state index contributed by atoms with van der Waals surface area (Å²) in [5.74, 6) is 0.973. The molecule has 4 heteroatoms. The molecule has 0 amide bonds. The third kappa shape index (κ3) is 1.91. The van der Waals surface area contributed by atoms with Gasteiger partial charge in [0, 0.05) is 34.5 Å². The van der Waals surface area contributed by atoms with Gasteiger partial charge < -0.3 is 10.0 Å². The van der Waals surface area contributed by atoms with Gasteiger partial charge in [0.25, 0.3) is 0 Å². The SMILES string of the molecule is OC1CCN(c2nccc3c(Br)cccc23)C1. The van der Waals surface area contributed by atoms with Crippen molar-refractivity contribution in [1.29, 1.82) is 0 Å². The lowest BCUT2D eigenvalue weighted by Gasteiger charge is -2.18. The molecule has 1 fully saturated rings. The van der Waals surface area contributed by atoms with Crippen LogP contribution in [-0.4, -0.2) is 29.3 Å². The number of anilines is 1. The largest absolute Gasteiger partial charge is 0.391 e. The van der Waals surface area contributed by atoms with Crippen molar-refractivity contribution in [1.82, 2.24) is 4.98 Å². The van der Waals surface area contributed by atoms with Crippen molar-refractivity contribution in [2.45, 2.75) is 12.5 Å². The molecule has 3 nitrogen and oxygen atoms in total. The van der Waals surface area contributed by atoms with Crippen LogP contribution in [0.2, 0.25) is 0 Å². The number of β-amino-alcohol motifs (C(OH)–C–C–N with tert-alkyl or cyclic N) is 1. The minimum Gasteiger partial charge on any atom is -0.391 e. The minimum absolute atomic E-state index is 0.223. The van der Waals surface area contributed by atoms with Crippen molar-refractivity contribution in [3.8, 4) is 0 Å². The number of rotatable bonds is 1.